The Balaban J connectivity index is 0.787. The maximum absolute atomic E-state index is 3.52. The zero-order valence-electron chi connectivity index (χ0n) is 43.6. The molecule has 12 fully saturated rings. The molecule has 12 rings (SSSR count). The van der Waals surface area contributed by atoms with Crippen LogP contribution in [0.4, 0.5) is 0 Å². The smallest absolute Gasteiger partial charge is 0.0132 e. The lowest BCUT2D eigenvalue weighted by Crippen LogP contribution is -2.64. The minimum Gasteiger partial charge on any atom is -0.294 e. The lowest BCUT2D eigenvalue weighted by atomic mass is 9.46. The van der Waals surface area contributed by atoms with E-state index in [1.165, 1.54) is 77.0 Å². The van der Waals surface area contributed by atoms with Crippen molar-refractivity contribution in [3.8, 4) is 0 Å². The average molecular weight is 906 g/mol. The van der Waals surface area contributed by atoms with E-state index in [-0.39, 0.29) is 0 Å². The summed E-state index contributed by atoms with van der Waals surface area (Å²) in [6.07, 6.45) is 69.1. The van der Waals surface area contributed by atoms with Crippen LogP contribution in [0.3, 0.4) is 0 Å². The van der Waals surface area contributed by atoms with Crippen LogP contribution in [0.25, 0.3) is 0 Å². The van der Waals surface area contributed by atoms with Gasteiger partial charge in [-0.2, -0.15) is 0 Å². The summed E-state index contributed by atoms with van der Waals surface area (Å²) in [7, 11) is 0. The van der Waals surface area contributed by atoms with Crippen molar-refractivity contribution >= 4 is 0 Å². The largest absolute Gasteiger partial charge is 0.294 e. The van der Waals surface area contributed by atoms with Gasteiger partial charge in [-0.1, -0.05) is 128 Å². The van der Waals surface area contributed by atoms with Crippen molar-refractivity contribution in [3.05, 3.63) is 0 Å². The van der Waals surface area contributed by atoms with E-state index in [1.54, 1.807) is 205 Å². The highest BCUT2D eigenvalue weighted by Crippen LogP contribution is 2.63. The molecule has 0 saturated heterocycles. The van der Waals surface area contributed by atoms with Crippen molar-refractivity contribution in [2.75, 3.05) is 0 Å². The van der Waals surface area contributed by atoms with Crippen LogP contribution in [-0.2, 0) is 0 Å². The summed E-state index contributed by atoms with van der Waals surface area (Å²) in [4.78, 5) is 7.03. The molecule has 0 radical (unpaired) electrons. The van der Waals surface area contributed by atoms with E-state index in [0.29, 0.717) is 0 Å². The fraction of sp³-hybridized carbons (Fsp3) is 1.00. The van der Waals surface area contributed by atoms with Crippen LogP contribution in [0.5, 0.6) is 0 Å². The van der Waals surface area contributed by atoms with Gasteiger partial charge in [0.1, 0.15) is 0 Å². The molecule has 0 aromatic heterocycles. The summed E-state index contributed by atoms with van der Waals surface area (Å²) >= 11 is 0. The minimum absolute atomic E-state index is 0.918. The van der Waals surface area contributed by atoms with E-state index in [1.807, 2.05) is 0 Å². The first-order valence-electron chi connectivity index (χ1n) is 32.3. The maximum atomic E-state index is 3.52. The Kier molecular flexibility index (Phi) is 15.6. The van der Waals surface area contributed by atoms with Gasteiger partial charge in [0.2, 0.25) is 0 Å². The minimum atomic E-state index is 0.918. The van der Waals surface area contributed by atoms with E-state index < -0.39 is 0 Å². The van der Waals surface area contributed by atoms with Crippen molar-refractivity contribution in [3.63, 3.8) is 0 Å². The van der Waals surface area contributed by atoms with Gasteiger partial charge in [0, 0.05) is 36.3 Å². The van der Waals surface area contributed by atoms with Crippen LogP contribution in [0.2, 0.25) is 0 Å². The second-order valence-electron chi connectivity index (χ2n) is 28.2. The van der Waals surface area contributed by atoms with E-state index in [0.717, 1.165) is 119 Å². The summed E-state index contributed by atoms with van der Waals surface area (Å²) in [6, 6.07) is 5.53. The molecular weight excluding hydrogens is 797 g/mol. The highest BCUT2D eigenvalue weighted by molar-refractivity contribution is 5.10. The molecule has 8 atom stereocenters. The highest BCUT2D eigenvalue weighted by Gasteiger charge is 2.59. The summed E-state index contributed by atoms with van der Waals surface area (Å²) in [5, 5.41) is 0. The standard InChI is InChI=1S/C64H108N2/c1-5-13-45(14-6-1)49-21-33-55(34-22-49)65(56-35-23-50(24-36-56)46-15-7-2-8-16-46)61-43-31-53-30-42-60-62(44-32-54-29-41-59(61)63(53)64(54)60)66(57-37-25-51(26-38-57)47-17-9-3-10-18-47)58-39-27-52(28-40-58)48-19-11-4-12-20-48/h45-64H,1-44H2. The Labute approximate surface area is 409 Å². The van der Waals surface area contributed by atoms with Crippen LogP contribution in [0.15, 0.2) is 0 Å². The van der Waals surface area contributed by atoms with E-state index in [9.17, 15) is 0 Å². The summed E-state index contributed by atoms with van der Waals surface area (Å²) in [6.45, 7) is 0. The lowest BCUT2D eigenvalue weighted by molar-refractivity contribution is -0.151. The van der Waals surface area contributed by atoms with Crippen LogP contribution in [-0.4, -0.2) is 46.1 Å². The molecule has 12 aliphatic carbocycles. The lowest BCUT2D eigenvalue weighted by Gasteiger charge is -2.64. The monoisotopic (exact) mass is 905 g/mol. The molecule has 374 valence electrons. The van der Waals surface area contributed by atoms with Gasteiger partial charge in [0.15, 0.2) is 0 Å². The third-order valence-corrected chi connectivity index (χ3v) is 25.6. The Morgan fingerprint density at radius 3 is 0.636 bits per heavy atom. The van der Waals surface area contributed by atoms with E-state index in [2.05, 4.69) is 9.80 Å². The van der Waals surface area contributed by atoms with Crippen LogP contribution < -0.4 is 0 Å². The van der Waals surface area contributed by atoms with Gasteiger partial charge in [-0.05, 0) is 237 Å². The molecule has 0 aromatic rings. The van der Waals surface area contributed by atoms with E-state index in [4.69, 9.17) is 0 Å². The maximum Gasteiger partial charge on any atom is 0.0132 e. The summed E-state index contributed by atoms with van der Waals surface area (Å²) < 4.78 is 0. The van der Waals surface area contributed by atoms with Crippen molar-refractivity contribution < 1.29 is 0 Å². The first-order valence-corrected chi connectivity index (χ1v) is 32.3. The fourth-order valence-corrected chi connectivity index (χ4v) is 22.6. The Morgan fingerprint density at radius 1 is 0.167 bits per heavy atom. The summed E-state index contributed by atoms with van der Waals surface area (Å²) in [5.74, 6) is 15.0. The molecule has 66 heavy (non-hydrogen) atoms. The molecule has 0 heterocycles. The van der Waals surface area contributed by atoms with Crippen molar-refractivity contribution in [1.82, 2.24) is 9.80 Å². The van der Waals surface area contributed by atoms with E-state index >= 15 is 0 Å². The number of hydrogen-bond acceptors (Lipinski definition) is 2. The van der Waals surface area contributed by atoms with Crippen molar-refractivity contribution in [2.45, 2.75) is 319 Å². The van der Waals surface area contributed by atoms with Crippen LogP contribution >= 0.6 is 0 Å². The van der Waals surface area contributed by atoms with Gasteiger partial charge in [-0.15, -0.1) is 0 Å². The normalized spacial score (nSPS) is 46.3. The first kappa shape index (κ1) is 47.0. The highest BCUT2D eigenvalue weighted by atomic mass is 15.2. The van der Waals surface area contributed by atoms with Gasteiger partial charge in [-0.25, -0.2) is 0 Å². The quantitative estimate of drug-likeness (QED) is 0.216. The van der Waals surface area contributed by atoms with Crippen LogP contribution in [0.1, 0.15) is 283 Å². The zero-order chi connectivity index (χ0) is 43.8. The average Bonchev–Trinajstić information content (AvgIpc) is 3.40. The summed E-state index contributed by atoms with van der Waals surface area (Å²) in [5.41, 5.74) is 0. The molecule has 2 nitrogen and oxygen atoms in total. The second-order valence-corrected chi connectivity index (χ2v) is 28.2. The molecular formula is C64H108N2. The topological polar surface area (TPSA) is 6.48 Å². The molecule has 0 N–H and O–H groups in total. The molecule has 0 aromatic carbocycles. The molecule has 12 saturated carbocycles. The Morgan fingerprint density at radius 2 is 0.379 bits per heavy atom. The molecule has 0 aliphatic heterocycles. The third kappa shape index (κ3) is 9.89. The van der Waals surface area contributed by atoms with Gasteiger partial charge in [0.05, 0.1) is 0 Å². The first-order chi connectivity index (χ1) is 32.7. The van der Waals surface area contributed by atoms with Crippen molar-refractivity contribution in [2.24, 2.45) is 82.9 Å². The van der Waals surface area contributed by atoms with Gasteiger partial charge in [0.25, 0.3) is 0 Å². The molecule has 0 spiro atoms. The fourth-order valence-electron chi connectivity index (χ4n) is 22.6. The predicted octanol–water partition coefficient (Wildman–Crippen LogP) is 17.8. The number of nitrogens with zero attached hydrogens (tertiary/aromatic N) is 2. The van der Waals surface area contributed by atoms with Crippen LogP contribution in [0, 0.1) is 82.9 Å². The Hall–Kier alpha value is -0.0800. The van der Waals surface area contributed by atoms with Crippen molar-refractivity contribution in [1.29, 1.82) is 0 Å². The van der Waals surface area contributed by atoms with Gasteiger partial charge in [-0.3, -0.25) is 9.80 Å². The molecule has 0 amide bonds. The number of hydrogen-bond donors (Lipinski definition) is 0. The molecule has 8 unspecified atom stereocenters. The van der Waals surface area contributed by atoms with Gasteiger partial charge < -0.3 is 0 Å². The van der Waals surface area contributed by atoms with Gasteiger partial charge >= 0.3 is 0 Å². The number of rotatable bonds is 10. The molecule has 0 bridgehead atoms. The third-order valence-electron chi connectivity index (χ3n) is 25.6. The predicted molar refractivity (Wildman–Crippen MR) is 278 cm³/mol. The Bertz CT molecular complexity index is 1260. The molecule has 2 heteroatoms. The SMILES string of the molecule is C1CCC(C2CCC(N(C3CCC(C4CCCCC4)CC3)C3CCC4CCC5C6C(CCC3C46)CCC5N(C3CCC(C4CCCCC4)CC3)C3CCC(C4CCCCC4)CC3)CC2)CC1. The molecule has 12 aliphatic rings. The zero-order valence-corrected chi connectivity index (χ0v) is 43.6. The second kappa shape index (κ2) is 22.0.